The number of benzene rings is 1. The van der Waals surface area contributed by atoms with E-state index < -0.39 is 5.97 Å². The molecule has 0 saturated carbocycles. The van der Waals surface area contributed by atoms with Gasteiger partial charge in [0.05, 0.1) is 18.3 Å². The van der Waals surface area contributed by atoms with Gasteiger partial charge in [-0.3, -0.25) is 0 Å². The van der Waals surface area contributed by atoms with Gasteiger partial charge in [-0.2, -0.15) is 5.10 Å². The molecule has 4 rings (SSSR count). The fourth-order valence-electron chi connectivity index (χ4n) is 2.73. The summed E-state index contributed by atoms with van der Waals surface area (Å²) >= 11 is 7.38. The summed E-state index contributed by atoms with van der Waals surface area (Å²) in [5.41, 5.74) is 3.79. The molecular weight excluding hydrogens is 389 g/mol. The first-order valence-corrected chi connectivity index (χ1v) is 9.33. The lowest BCUT2D eigenvalue weighted by Gasteiger charge is -2.03. The number of fused-ring (bicyclic) bond motifs is 1. The molecule has 0 fully saturated rings. The van der Waals surface area contributed by atoms with Gasteiger partial charge in [-0.15, -0.1) is 0 Å². The van der Waals surface area contributed by atoms with Gasteiger partial charge < -0.3 is 4.74 Å². The molecule has 8 heteroatoms. The summed E-state index contributed by atoms with van der Waals surface area (Å²) in [7, 11) is 0. The summed E-state index contributed by atoms with van der Waals surface area (Å²) in [6.07, 6.45) is 3.50. The number of carbonyl (C=O) groups excluding carboxylic acids is 1. The summed E-state index contributed by atoms with van der Waals surface area (Å²) in [4.78, 5) is 16.2. The Balaban J connectivity index is 1.74. The lowest BCUT2D eigenvalue weighted by Crippen LogP contribution is -2.03. The molecule has 3 heterocycles. The average molecular weight is 402 g/mol. The maximum Gasteiger partial charge on any atom is 0.367 e. The molecule has 0 radical (unpaired) electrons. The number of hydrogen-bond acceptors (Lipinski definition) is 5. The van der Waals surface area contributed by atoms with Crippen LogP contribution in [0.15, 0.2) is 48.8 Å². The summed E-state index contributed by atoms with van der Waals surface area (Å²) in [6, 6.07) is 10.1. The normalized spacial score (nSPS) is 11.1. The number of hydrogen-bond donors (Lipinski definition) is 0. The van der Waals surface area contributed by atoms with Crippen LogP contribution in [0.4, 0.5) is 4.39 Å². The number of nitrogens with zero attached hydrogens (tertiary/aromatic N) is 3. The first kappa shape index (κ1) is 17.6. The molecular formula is C19H13ClFN3O2S. The van der Waals surface area contributed by atoms with Gasteiger partial charge in [-0.25, -0.2) is 18.7 Å². The van der Waals surface area contributed by atoms with Gasteiger partial charge >= 0.3 is 5.97 Å². The highest BCUT2D eigenvalue weighted by molar-refractivity contribution is 7.18. The van der Waals surface area contributed by atoms with Crippen LogP contribution in [0, 0.1) is 5.82 Å². The van der Waals surface area contributed by atoms with E-state index in [-0.39, 0.29) is 17.4 Å². The SMILES string of the molecule is CCOC(=O)c1nc(-c2cnn3cc(-c4ccc(F)cc4)ccc23)c(Cl)s1. The van der Waals surface area contributed by atoms with E-state index in [0.29, 0.717) is 10.0 Å². The number of aromatic nitrogens is 3. The molecule has 5 nitrogen and oxygen atoms in total. The summed E-state index contributed by atoms with van der Waals surface area (Å²) < 4.78 is 20.2. The zero-order valence-electron chi connectivity index (χ0n) is 14.1. The molecule has 0 saturated heterocycles. The third-order valence-electron chi connectivity index (χ3n) is 3.98. The fourth-order valence-corrected chi connectivity index (χ4v) is 3.79. The number of pyridine rings is 1. The third kappa shape index (κ3) is 3.31. The molecule has 0 aliphatic carbocycles. The summed E-state index contributed by atoms with van der Waals surface area (Å²) in [6.45, 7) is 2.01. The number of thiazole rings is 1. The Morgan fingerprint density at radius 1 is 1.22 bits per heavy atom. The molecule has 0 atom stereocenters. The Morgan fingerprint density at radius 2 is 1.96 bits per heavy atom. The van der Waals surface area contributed by atoms with Crippen LogP contribution in [-0.4, -0.2) is 27.2 Å². The molecule has 0 amide bonds. The molecule has 3 aromatic heterocycles. The van der Waals surface area contributed by atoms with Crippen LogP contribution in [-0.2, 0) is 4.74 Å². The van der Waals surface area contributed by atoms with E-state index >= 15 is 0 Å². The van der Waals surface area contributed by atoms with Gasteiger partial charge in [-0.05, 0) is 30.7 Å². The molecule has 0 aliphatic rings. The van der Waals surface area contributed by atoms with E-state index in [1.807, 2.05) is 18.3 Å². The molecule has 1 aromatic carbocycles. The van der Waals surface area contributed by atoms with E-state index in [1.54, 1.807) is 29.8 Å². The van der Waals surface area contributed by atoms with Gasteiger partial charge in [-0.1, -0.05) is 41.1 Å². The Bertz CT molecular complexity index is 1140. The van der Waals surface area contributed by atoms with Crippen LogP contribution in [0.3, 0.4) is 0 Å². The summed E-state index contributed by atoms with van der Waals surface area (Å²) in [5, 5.41) is 4.57. The lowest BCUT2D eigenvalue weighted by molar-refractivity contribution is 0.0526. The van der Waals surface area contributed by atoms with Crippen molar-refractivity contribution in [1.82, 2.24) is 14.6 Å². The van der Waals surface area contributed by atoms with Crippen LogP contribution in [0.25, 0.3) is 27.9 Å². The second kappa shape index (κ2) is 7.09. The number of rotatable bonds is 4. The van der Waals surface area contributed by atoms with Crippen LogP contribution in [0.2, 0.25) is 4.34 Å². The van der Waals surface area contributed by atoms with E-state index in [2.05, 4.69) is 10.1 Å². The molecule has 0 unspecified atom stereocenters. The monoisotopic (exact) mass is 401 g/mol. The van der Waals surface area contributed by atoms with Crippen molar-refractivity contribution >= 4 is 34.4 Å². The Morgan fingerprint density at radius 3 is 2.70 bits per heavy atom. The second-order valence-corrected chi connectivity index (χ2v) is 7.28. The van der Waals surface area contributed by atoms with Crippen molar-refractivity contribution in [3.05, 3.63) is 64.0 Å². The van der Waals surface area contributed by atoms with Crippen molar-refractivity contribution in [2.24, 2.45) is 0 Å². The number of halogens is 2. The second-order valence-electron chi connectivity index (χ2n) is 5.67. The zero-order valence-corrected chi connectivity index (χ0v) is 15.7. The smallest absolute Gasteiger partial charge is 0.367 e. The highest BCUT2D eigenvalue weighted by Crippen LogP contribution is 2.35. The average Bonchev–Trinajstić information content (AvgIpc) is 3.25. The Labute approximate surface area is 163 Å². The molecule has 0 N–H and O–H groups in total. The van der Waals surface area contributed by atoms with E-state index in [9.17, 15) is 9.18 Å². The van der Waals surface area contributed by atoms with Crippen molar-refractivity contribution in [2.45, 2.75) is 6.92 Å². The predicted molar refractivity (Wildman–Crippen MR) is 103 cm³/mol. The first-order chi connectivity index (χ1) is 13.1. The first-order valence-electron chi connectivity index (χ1n) is 8.14. The molecule has 0 aliphatic heterocycles. The maximum atomic E-state index is 13.1. The molecule has 136 valence electrons. The van der Waals surface area contributed by atoms with E-state index in [1.165, 1.54) is 12.1 Å². The van der Waals surface area contributed by atoms with Gasteiger partial charge in [0.2, 0.25) is 5.01 Å². The molecule has 27 heavy (non-hydrogen) atoms. The Hall–Kier alpha value is -2.77. The summed E-state index contributed by atoms with van der Waals surface area (Å²) in [5.74, 6) is -0.775. The van der Waals surface area contributed by atoms with Crippen molar-refractivity contribution in [3.8, 4) is 22.4 Å². The fraction of sp³-hybridized carbons (Fsp3) is 0.105. The minimum Gasteiger partial charge on any atom is -0.461 e. The largest absolute Gasteiger partial charge is 0.461 e. The predicted octanol–water partition coefficient (Wildman–Crippen LogP) is 5.09. The quantitative estimate of drug-likeness (QED) is 0.447. The van der Waals surface area contributed by atoms with Gasteiger partial charge in [0.25, 0.3) is 0 Å². The van der Waals surface area contributed by atoms with Gasteiger partial charge in [0, 0.05) is 17.3 Å². The van der Waals surface area contributed by atoms with Gasteiger partial charge in [0.1, 0.15) is 15.8 Å². The van der Waals surface area contributed by atoms with Crippen LogP contribution >= 0.6 is 22.9 Å². The molecule has 0 spiro atoms. The minimum absolute atomic E-state index is 0.208. The van der Waals surface area contributed by atoms with Crippen molar-refractivity contribution in [1.29, 1.82) is 0 Å². The van der Waals surface area contributed by atoms with E-state index in [4.69, 9.17) is 16.3 Å². The standard InChI is InChI=1S/C19H13ClFN3O2S/c1-2-26-19(25)18-23-16(17(20)27-18)14-9-22-24-10-12(5-8-15(14)24)11-3-6-13(21)7-4-11/h3-10H,2H2,1H3. The minimum atomic E-state index is -0.495. The lowest BCUT2D eigenvalue weighted by atomic mass is 10.1. The van der Waals surface area contributed by atoms with Gasteiger partial charge in [0.15, 0.2) is 0 Å². The third-order valence-corrected chi connectivity index (χ3v) is 5.22. The number of ether oxygens (including phenoxy) is 1. The highest BCUT2D eigenvalue weighted by atomic mass is 35.5. The zero-order chi connectivity index (χ0) is 19.0. The maximum absolute atomic E-state index is 13.1. The van der Waals surface area contributed by atoms with Crippen molar-refractivity contribution in [2.75, 3.05) is 6.61 Å². The van der Waals surface area contributed by atoms with Crippen LogP contribution in [0.1, 0.15) is 16.7 Å². The van der Waals surface area contributed by atoms with E-state index in [0.717, 1.165) is 33.5 Å². The van der Waals surface area contributed by atoms with Crippen LogP contribution in [0.5, 0.6) is 0 Å². The topological polar surface area (TPSA) is 56.5 Å². The number of carbonyl (C=O) groups is 1. The molecule has 0 bridgehead atoms. The molecule has 4 aromatic rings. The Kier molecular flexibility index (Phi) is 4.63. The van der Waals surface area contributed by atoms with Crippen molar-refractivity contribution < 1.29 is 13.9 Å². The van der Waals surface area contributed by atoms with Crippen LogP contribution < -0.4 is 0 Å². The highest BCUT2D eigenvalue weighted by Gasteiger charge is 2.20. The number of esters is 1. The van der Waals surface area contributed by atoms with Crippen molar-refractivity contribution in [3.63, 3.8) is 0 Å².